The van der Waals surface area contributed by atoms with Crippen LogP contribution in [0, 0.1) is 5.92 Å². The van der Waals surface area contributed by atoms with Gasteiger partial charge in [0.15, 0.2) is 0 Å². The average Bonchev–Trinajstić information content (AvgIpc) is 3.07. The molecule has 1 aromatic heterocycles. The zero-order chi connectivity index (χ0) is 15.7. The molecule has 1 unspecified atom stereocenters. The van der Waals surface area contributed by atoms with Gasteiger partial charge >= 0.3 is 0 Å². The van der Waals surface area contributed by atoms with Crippen LogP contribution in [-0.4, -0.2) is 24.3 Å². The van der Waals surface area contributed by atoms with Crippen LogP contribution in [-0.2, 0) is 19.4 Å². The number of aromatic nitrogens is 1. The molecule has 0 spiro atoms. The van der Waals surface area contributed by atoms with E-state index in [-0.39, 0.29) is 0 Å². The Morgan fingerprint density at radius 2 is 2.09 bits per heavy atom. The Labute approximate surface area is 133 Å². The highest BCUT2D eigenvalue weighted by Crippen LogP contribution is 2.34. The van der Waals surface area contributed by atoms with E-state index >= 15 is 0 Å². The monoisotopic (exact) mass is 300 g/mol. The minimum atomic E-state index is 0.504. The molecule has 1 atom stereocenters. The van der Waals surface area contributed by atoms with Crippen LogP contribution >= 0.6 is 0 Å². The number of rotatable bonds is 6. The molecule has 1 N–H and O–H groups in total. The molecule has 2 aromatic rings. The average molecular weight is 300 g/mol. The summed E-state index contributed by atoms with van der Waals surface area (Å²) < 4.78 is 7.95. The van der Waals surface area contributed by atoms with E-state index in [0.717, 1.165) is 25.3 Å². The Morgan fingerprint density at radius 3 is 2.82 bits per heavy atom. The number of hydrogen-bond donors (Lipinski definition) is 1. The minimum absolute atomic E-state index is 0.504. The predicted octanol–water partition coefficient (Wildman–Crippen LogP) is 3.77. The van der Waals surface area contributed by atoms with Gasteiger partial charge in [0.25, 0.3) is 0 Å². The summed E-state index contributed by atoms with van der Waals surface area (Å²) >= 11 is 0. The number of methoxy groups -OCH3 is 1. The van der Waals surface area contributed by atoms with Crippen molar-refractivity contribution < 1.29 is 4.74 Å². The van der Waals surface area contributed by atoms with Crippen LogP contribution in [0.3, 0.4) is 0 Å². The van der Waals surface area contributed by atoms with Crippen LogP contribution in [0.1, 0.15) is 38.4 Å². The predicted molar refractivity (Wildman–Crippen MR) is 92.8 cm³/mol. The highest BCUT2D eigenvalue weighted by molar-refractivity contribution is 5.87. The van der Waals surface area contributed by atoms with Gasteiger partial charge in [-0.1, -0.05) is 13.8 Å². The Kier molecular flexibility index (Phi) is 4.44. The lowest BCUT2D eigenvalue weighted by Gasteiger charge is -2.16. The standard InChI is InChI=1S/C19H28N2O/c1-13(2)12-20-14(3)10-16-17-11-15(22-4)7-8-19(17)21-9-5-6-18(16)21/h7-8,11,13-14,20H,5-6,9-10,12H2,1-4H3. The van der Waals surface area contributed by atoms with Crippen molar-refractivity contribution in [3.63, 3.8) is 0 Å². The van der Waals surface area contributed by atoms with E-state index in [0.29, 0.717) is 12.0 Å². The van der Waals surface area contributed by atoms with E-state index in [9.17, 15) is 0 Å². The van der Waals surface area contributed by atoms with Crippen molar-refractivity contribution in [2.24, 2.45) is 5.92 Å². The summed E-state index contributed by atoms with van der Waals surface area (Å²) in [5.41, 5.74) is 4.44. The largest absolute Gasteiger partial charge is 0.497 e. The molecule has 0 saturated heterocycles. The third-order valence-corrected chi connectivity index (χ3v) is 4.67. The van der Waals surface area contributed by atoms with Gasteiger partial charge in [-0.2, -0.15) is 0 Å². The van der Waals surface area contributed by atoms with Crippen LogP contribution in [0.5, 0.6) is 5.75 Å². The smallest absolute Gasteiger partial charge is 0.119 e. The lowest BCUT2D eigenvalue weighted by molar-refractivity contribution is 0.415. The molecule has 1 aliphatic rings. The van der Waals surface area contributed by atoms with E-state index < -0.39 is 0 Å². The number of hydrogen-bond acceptors (Lipinski definition) is 2. The van der Waals surface area contributed by atoms with E-state index in [4.69, 9.17) is 4.74 Å². The normalized spacial score (nSPS) is 15.5. The Balaban J connectivity index is 1.93. The molecule has 3 heteroatoms. The summed E-state index contributed by atoms with van der Waals surface area (Å²) in [6.45, 7) is 9.06. The first-order valence-electron chi connectivity index (χ1n) is 8.51. The maximum atomic E-state index is 5.44. The molecule has 1 aliphatic heterocycles. The number of fused-ring (bicyclic) bond motifs is 3. The maximum absolute atomic E-state index is 5.44. The molecule has 2 heterocycles. The van der Waals surface area contributed by atoms with Gasteiger partial charge in [0, 0.05) is 29.2 Å². The number of aryl methyl sites for hydroxylation is 1. The molecule has 0 saturated carbocycles. The molecule has 0 fully saturated rings. The molecule has 0 radical (unpaired) electrons. The van der Waals surface area contributed by atoms with Crippen LogP contribution < -0.4 is 10.1 Å². The van der Waals surface area contributed by atoms with Crippen molar-refractivity contribution in [3.8, 4) is 5.75 Å². The molecule has 0 aliphatic carbocycles. The first kappa shape index (κ1) is 15.4. The van der Waals surface area contributed by atoms with E-state index in [1.807, 2.05) is 0 Å². The quantitative estimate of drug-likeness (QED) is 0.879. The lowest BCUT2D eigenvalue weighted by atomic mass is 10.0. The molecular weight excluding hydrogens is 272 g/mol. The Morgan fingerprint density at radius 1 is 1.27 bits per heavy atom. The second-order valence-electron chi connectivity index (χ2n) is 6.97. The first-order valence-corrected chi connectivity index (χ1v) is 8.51. The van der Waals surface area contributed by atoms with Crippen molar-refractivity contribution in [3.05, 3.63) is 29.5 Å². The molecule has 120 valence electrons. The number of ether oxygens (including phenoxy) is 1. The summed E-state index contributed by atoms with van der Waals surface area (Å²) in [6.07, 6.45) is 3.58. The second-order valence-corrected chi connectivity index (χ2v) is 6.97. The third-order valence-electron chi connectivity index (χ3n) is 4.67. The second kappa shape index (κ2) is 6.33. The van der Waals surface area contributed by atoms with Crippen LogP contribution in [0.25, 0.3) is 10.9 Å². The first-order chi connectivity index (χ1) is 10.6. The molecule has 0 bridgehead atoms. The van der Waals surface area contributed by atoms with Crippen LogP contribution in [0.2, 0.25) is 0 Å². The fraction of sp³-hybridized carbons (Fsp3) is 0.579. The van der Waals surface area contributed by atoms with Gasteiger partial charge in [-0.05, 0) is 62.4 Å². The van der Waals surface area contributed by atoms with Crippen molar-refractivity contribution in [2.75, 3.05) is 13.7 Å². The van der Waals surface area contributed by atoms with Crippen molar-refractivity contribution in [1.82, 2.24) is 9.88 Å². The number of benzene rings is 1. The van der Waals surface area contributed by atoms with Crippen LogP contribution in [0.4, 0.5) is 0 Å². The van der Waals surface area contributed by atoms with E-state index in [1.54, 1.807) is 12.8 Å². The zero-order valence-corrected chi connectivity index (χ0v) is 14.3. The summed E-state index contributed by atoms with van der Waals surface area (Å²) in [5, 5.41) is 5.05. The lowest BCUT2D eigenvalue weighted by Crippen LogP contribution is -2.31. The molecule has 3 nitrogen and oxygen atoms in total. The molecule has 1 aromatic carbocycles. The highest BCUT2D eigenvalue weighted by atomic mass is 16.5. The zero-order valence-electron chi connectivity index (χ0n) is 14.3. The number of nitrogens with one attached hydrogen (secondary N) is 1. The van der Waals surface area contributed by atoms with Gasteiger partial charge in [0.1, 0.15) is 5.75 Å². The van der Waals surface area contributed by atoms with E-state index in [1.165, 1.54) is 29.3 Å². The van der Waals surface area contributed by atoms with Gasteiger partial charge in [-0.3, -0.25) is 0 Å². The van der Waals surface area contributed by atoms with Crippen LogP contribution in [0.15, 0.2) is 18.2 Å². The molecule has 22 heavy (non-hydrogen) atoms. The Hall–Kier alpha value is -1.48. The highest BCUT2D eigenvalue weighted by Gasteiger charge is 2.22. The summed E-state index contributed by atoms with van der Waals surface area (Å²) in [7, 11) is 1.75. The van der Waals surface area contributed by atoms with Crippen molar-refractivity contribution in [1.29, 1.82) is 0 Å². The number of nitrogens with zero attached hydrogens (tertiary/aromatic N) is 1. The van der Waals surface area contributed by atoms with Gasteiger partial charge in [0.2, 0.25) is 0 Å². The third kappa shape index (κ3) is 2.87. The van der Waals surface area contributed by atoms with Crippen molar-refractivity contribution in [2.45, 2.75) is 52.6 Å². The molecule has 3 rings (SSSR count). The van der Waals surface area contributed by atoms with Crippen molar-refractivity contribution >= 4 is 10.9 Å². The fourth-order valence-electron chi connectivity index (χ4n) is 3.57. The summed E-state index contributed by atoms with van der Waals surface area (Å²) in [4.78, 5) is 0. The topological polar surface area (TPSA) is 26.2 Å². The summed E-state index contributed by atoms with van der Waals surface area (Å²) in [5.74, 6) is 1.65. The summed E-state index contributed by atoms with van der Waals surface area (Å²) in [6, 6.07) is 7.02. The molecular formula is C19H28N2O. The van der Waals surface area contributed by atoms with Gasteiger partial charge in [0.05, 0.1) is 7.11 Å². The maximum Gasteiger partial charge on any atom is 0.119 e. The van der Waals surface area contributed by atoms with Gasteiger partial charge < -0.3 is 14.6 Å². The van der Waals surface area contributed by atoms with E-state index in [2.05, 4.69) is 48.9 Å². The fourth-order valence-corrected chi connectivity index (χ4v) is 3.57. The SMILES string of the molecule is COc1ccc2c(c1)c(CC(C)NCC(C)C)c1n2CCC1. The van der Waals surface area contributed by atoms with Gasteiger partial charge in [-0.25, -0.2) is 0 Å². The van der Waals surface area contributed by atoms with Gasteiger partial charge in [-0.15, -0.1) is 0 Å². The minimum Gasteiger partial charge on any atom is -0.497 e. The Bertz CT molecular complexity index is 657. The molecule has 0 amide bonds.